The molecule has 1 aliphatic heterocycles. The van der Waals surface area contributed by atoms with Crippen LogP contribution in [0, 0.1) is 11.3 Å². The Bertz CT molecular complexity index is 1210. The van der Waals surface area contributed by atoms with E-state index in [1.807, 2.05) is 32.0 Å². The number of aromatic nitrogens is 2. The highest BCUT2D eigenvalue weighted by Gasteiger charge is 2.31. The maximum absolute atomic E-state index is 12.6. The Balaban J connectivity index is 1.68. The number of nitrogens with zero attached hydrogens (tertiary/aromatic N) is 3. The first-order valence-corrected chi connectivity index (χ1v) is 10.7. The van der Waals surface area contributed by atoms with Crippen LogP contribution in [-0.4, -0.2) is 46.3 Å². The predicted molar refractivity (Wildman–Crippen MR) is 120 cm³/mol. The molecule has 2 atom stereocenters. The SMILES string of the molecule is CC(C)Oc1ccc(-c2nc(-c3cccc4c3CCNC4C(=O)[C@@H](N)CO)no2)cc1C#N. The summed E-state index contributed by atoms with van der Waals surface area (Å²) < 4.78 is 11.2. The maximum atomic E-state index is 12.6. The number of nitrogens with two attached hydrogens (primary N) is 1. The summed E-state index contributed by atoms with van der Waals surface area (Å²) in [7, 11) is 0. The zero-order valence-electron chi connectivity index (χ0n) is 18.4. The zero-order valence-corrected chi connectivity index (χ0v) is 18.4. The molecule has 0 fully saturated rings. The molecule has 3 aromatic rings. The Kier molecular flexibility index (Phi) is 6.51. The average molecular weight is 447 g/mol. The summed E-state index contributed by atoms with van der Waals surface area (Å²) in [6.07, 6.45) is 0.618. The minimum absolute atomic E-state index is 0.0562. The zero-order chi connectivity index (χ0) is 23.5. The average Bonchev–Trinajstić information content (AvgIpc) is 3.32. The van der Waals surface area contributed by atoms with Gasteiger partial charge in [0.2, 0.25) is 5.82 Å². The van der Waals surface area contributed by atoms with Gasteiger partial charge in [0, 0.05) is 17.7 Å². The number of hydrogen-bond donors (Lipinski definition) is 3. The molecule has 33 heavy (non-hydrogen) atoms. The number of rotatable bonds is 7. The molecule has 1 unspecified atom stereocenters. The molecule has 170 valence electrons. The van der Waals surface area contributed by atoms with E-state index in [0.29, 0.717) is 35.7 Å². The Labute approximate surface area is 191 Å². The molecule has 0 aliphatic carbocycles. The molecule has 2 aromatic carbocycles. The van der Waals surface area contributed by atoms with E-state index in [1.54, 1.807) is 18.2 Å². The number of carbonyl (C=O) groups is 1. The van der Waals surface area contributed by atoms with Crippen LogP contribution in [-0.2, 0) is 11.2 Å². The minimum atomic E-state index is -0.953. The summed E-state index contributed by atoms with van der Waals surface area (Å²) >= 11 is 0. The number of benzene rings is 2. The summed E-state index contributed by atoms with van der Waals surface area (Å²) in [4.78, 5) is 17.2. The number of aliphatic hydroxyl groups is 1. The highest BCUT2D eigenvalue weighted by Crippen LogP contribution is 2.33. The van der Waals surface area contributed by atoms with E-state index in [1.165, 1.54) is 0 Å². The highest BCUT2D eigenvalue weighted by molar-refractivity contribution is 5.91. The maximum Gasteiger partial charge on any atom is 0.258 e. The molecule has 2 heterocycles. The third-order valence-electron chi connectivity index (χ3n) is 5.47. The molecule has 1 aromatic heterocycles. The van der Waals surface area contributed by atoms with E-state index >= 15 is 0 Å². The summed E-state index contributed by atoms with van der Waals surface area (Å²) in [5.41, 5.74) is 9.25. The van der Waals surface area contributed by atoms with Gasteiger partial charge in [0.25, 0.3) is 5.89 Å². The molecule has 4 rings (SSSR count). The standard InChI is InChI=1S/C24H25N5O4/c1-13(2)32-20-7-6-14(10-15(20)11-25)24-28-23(29-33-24)18-5-3-4-17-16(18)8-9-27-21(17)22(31)19(26)12-30/h3-7,10,13,19,21,27,30H,8-9,12,26H2,1-2H3/t19-,21?/m0/s1. The van der Waals surface area contributed by atoms with Crippen molar-refractivity contribution in [1.29, 1.82) is 5.26 Å². The first-order chi connectivity index (χ1) is 15.9. The second-order valence-electron chi connectivity index (χ2n) is 8.11. The van der Waals surface area contributed by atoms with Crippen molar-refractivity contribution in [3.8, 4) is 34.7 Å². The first kappa shape index (κ1) is 22.6. The number of nitriles is 1. The summed E-state index contributed by atoms with van der Waals surface area (Å²) in [5.74, 6) is 0.899. The van der Waals surface area contributed by atoms with Crippen LogP contribution in [0.25, 0.3) is 22.8 Å². The van der Waals surface area contributed by atoms with Gasteiger partial charge in [-0.3, -0.25) is 4.79 Å². The van der Waals surface area contributed by atoms with E-state index in [2.05, 4.69) is 21.5 Å². The molecule has 9 nitrogen and oxygen atoms in total. The molecule has 0 spiro atoms. The van der Waals surface area contributed by atoms with Crippen molar-refractivity contribution in [2.24, 2.45) is 5.73 Å². The minimum Gasteiger partial charge on any atom is -0.490 e. The third kappa shape index (κ3) is 4.50. The van der Waals surface area contributed by atoms with Crippen LogP contribution in [0.15, 0.2) is 40.9 Å². The van der Waals surface area contributed by atoms with Gasteiger partial charge in [-0.2, -0.15) is 10.2 Å². The van der Waals surface area contributed by atoms with Gasteiger partial charge in [-0.25, -0.2) is 0 Å². The predicted octanol–water partition coefficient (Wildman–Crippen LogP) is 2.14. The van der Waals surface area contributed by atoms with Crippen molar-refractivity contribution in [2.45, 2.75) is 38.5 Å². The van der Waals surface area contributed by atoms with Crippen LogP contribution in [0.3, 0.4) is 0 Å². The largest absolute Gasteiger partial charge is 0.490 e. The Morgan fingerprint density at radius 2 is 2.21 bits per heavy atom. The lowest BCUT2D eigenvalue weighted by Gasteiger charge is -2.28. The number of carbonyl (C=O) groups excluding carboxylic acids is 1. The number of fused-ring (bicyclic) bond motifs is 1. The van der Waals surface area contributed by atoms with E-state index < -0.39 is 18.7 Å². The van der Waals surface area contributed by atoms with Gasteiger partial charge in [-0.05, 0) is 49.6 Å². The molecule has 0 bridgehead atoms. The fourth-order valence-electron chi connectivity index (χ4n) is 3.93. The van der Waals surface area contributed by atoms with Gasteiger partial charge in [0.15, 0.2) is 5.78 Å². The van der Waals surface area contributed by atoms with Crippen LogP contribution in [0.1, 0.15) is 36.6 Å². The molecule has 0 saturated heterocycles. The lowest BCUT2D eigenvalue weighted by atomic mass is 9.87. The topological polar surface area (TPSA) is 147 Å². The highest BCUT2D eigenvalue weighted by atomic mass is 16.5. The van der Waals surface area contributed by atoms with Crippen LogP contribution >= 0.6 is 0 Å². The number of aliphatic hydroxyl groups excluding tert-OH is 1. The van der Waals surface area contributed by atoms with Crippen molar-refractivity contribution in [3.63, 3.8) is 0 Å². The van der Waals surface area contributed by atoms with Crippen molar-refractivity contribution < 1.29 is 19.2 Å². The quantitative estimate of drug-likeness (QED) is 0.495. The number of ketones is 1. The molecule has 0 radical (unpaired) electrons. The molecule has 0 amide bonds. The van der Waals surface area contributed by atoms with Gasteiger partial charge < -0.3 is 25.4 Å². The van der Waals surface area contributed by atoms with Crippen LogP contribution < -0.4 is 15.8 Å². The van der Waals surface area contributed by atoms with E-state index in [9.17, 15) is 15.2 Å². The lowest BCUT2D eigenvalue weighted by molar-refractivity contribution is -0.123. The molecule has 1 aliphatic rings. The normalized spacial score (nSPS) is 16.2. The number of ether oxygens (including phenoxy) is 1. The second-order valence-corrected chi connectivity index (χ2v) is 8.11. The number of nitrogens with one attached hydrogen (secondary N) is 1. The Morgan fingerprint density at radius 1 is 1.39 bits per heavy atom. The first-order valence-electron chi connectivity index (χ1n) is 10.7. The molecule has 4 N–H and O–H groups in total. The Hall–Kier alpha value is -3.58. The van der Waals surface area contributed by atoms with Crippen LogP contribution in [0.2, 0.25) is 0 Å². The molecular formula is C24H25N5O4. The molecule has 9 heteroatoms. The molecule has 0 saturated carbocycles. The summed E-state index contributed by atoms with van der Waals surface area (Å²) in [6.45, 7) is 3.95. The van der Waals surface area contributed by atoms with Gasteiger partial charge in [-0.15, -0.1) is 0 Å². The second kappa shape index (κ2) is 9.50. The summed E-state index contributed by atoms with van der Waals surface area (Å²) in [6, 6.07) is 11.3. The van der Waals surface area contributed by atoms with E-state index in [0.717, 1.165) is 16.7 Å². The van der Waals surface area contributed by atoms with Crippen molar-refractivity contribution >= 4 is 5.78 Å². The van der Waals surface area contributed by atoms with Crippen molar-refractivity contribution in [3.05, 3.63) is 53.1 Å². The monoisotopic (exact) mass is 447 g/mol. The Morgan fingerprint density at radius 3 is 2.94 bits per heavy atom. The van der Waals surface area contributed by atoms with Gasteiger partial charge >= 0.3 is 0 Å². The smallest absolute Gasteiger partial charge is 0.258 e. The summed E-state index contributed by atoms with van der Waals surface area (Å²) in [5, 5.41) is 26.1. The fraction of sp³-hybridized carbons (Fsp3) is 0.333. The van der Waals surface area contributed by atoms with Crippen molar-refractivity contribution in [2.75, 3.05) is 13.2 Å². The number of hydrogen-bond acceptors (Lipinski definition) is 9. The van der Waals surface area contributed by atoms with Gasteiger partial charge in [0.05, 0.1) is 30.4 Å². The van der Waals surface area contributed by atoms with E-state index in [4.69, 9.17) is 15.0 Å². The van der Waals surface area contributed by atoms with Gasteiger partial charge in [-0.1, -0.05) is 23.4 Å². The molecular weight excluding hydrogens is 422 g/mol. The fourth-order valence-corrected chi connectivity index (χ4v) is 3.93. The van der Waals surface area contributed by atoms with Crippen LogP contribution in [0.5, 0.6) is 5.75 Å². The third-order valence-corrected chi connectivity index (χ3v) is 5.47. The van der Waals surface area contributed by atoms with Gasteiger partial charge in [0.1, 0.15) is 11.8 Å². The van der Waals surface area contributed by atoms with Crippen LogP contribution in [0.4, 0.5) is 0 Å². The van der Waals surface area contributed by atoms with Crippen molar-refractivity contribution in [1.82, 2.24) is 15.5 Å². The number of Topliss-reactive ketones (excluding diaryl/α,β-unsaturated/α-hetero) is 1. The lowest BCUT2D eigenvalue weighted by Crippen LogP contribution is -2.45. The van der Waals surface area contributed by atoms with E-state index in [-0.39, 0.29) is 17.8 Å².